The normalized spacial score (nSPS) is 14.2. The molecule has 0 aliphatic carbocycles. The van der Waals surface area contributed by atoms with Gasteiger partial charge in [0.15, 0.2) is 11.0 Å². The standard InChI is InChI=1S/C25H30FN5O2S/c1-33-22-11-5-19(6-12-22)13-14-27-24(32)18-34-25-29-28-23(17-30-15-3-2-4-16-30)31(25)21-9-7-20(26)8-10-21/h5-12H,2-4,13-18H2,1H3,(H,27,32). The number of carbonyl (C=O) groups is 1. The topological polar surface area (TPSA) is 72.3 Å². The molecule has 0 spiro atoms. The molecule has 1 aliphatic heterocycles. The number of rotatable bonds is 10. The van der Waals surface area contributed by atoms with Crippen molar-refractivity contribution in [3.8, 4) is 11.4 Å². The molecular weight excluding hydrogens is 453 g/mol. The van der Waals surface area contributed by atoms with Crippen LogP contribution < -0.4 is 10.1 Å². The van der Waals surface area contributed by atoms with Gasteiger partial charge in [-0.3, -0.25) is 14.3 Å². The minimum absolute atomic E-state index is 0.0650. The van der Waals surface area contributed by atoms with E-state index in [1.54, 1.807) is 19.2 Å². The first-order valence-corrected chi connectivity index (χ1v) is 12.6. The summed E-state index contributed by atoms with van der Waals surface area (Å²) in [4.78, 5) is 14.8. The molecular formula is C25H30FN5O2S. The van der Waals surface area contributed by atoms with Crippen LogP contribution in [-0.2, 0) is 17.8 Å². The molecule has 0 bridgehead atoms. The number of nitrogens with zero attached hydrogens (tertiary/aromatic N) is 4. The van der Waals surface area contributed by atoms with Gasteiger partial charge in [0.1, 0.15) is 11.6 Å². The first kappa shape index (κ1) is 24.2. The van der Waals surface area contributed by atoms with Crippen LogP contribution >= 0.6 is 11.8 Å². The summed E-state index contributed by atoms with van der Waals surface area (Å²) >= 11 is 1.34. The Balaban J connectivity index is 1.37. The molecule has 0 unspecified atom stereocenters. The summed E-state index contributed by atoms with van der Waals surface area (Å²) in [5, 5.41) is 12.4. The van der Waals surface area contributed by atoms with Gasteiger partial charge in [0.2, 0.25) is 5.91 Å². The lowest BCUT2D eigenvalue weighted by Crippen LogP contribution is -2.30. The number of carbonyl (C=O) groups excluding carboxylic acids is 1. The van der Waals surface area contributed by atoms with Gasteiger partial charge in [-0.05, 0) is 74.3 Å². The van der Waals surface area contributed by atoms with Gasteiger partial charge in [-0.1, -0.05) is 30.3 Å². The van der Waals surface area contributed by atoms with E-state index in [1.807, 2.05) is 28.8 Å². The maximum Gasteiger partial charge on any atom is 0.230 e. The van der Waals surface area contributed by atoms with Crippen LogP contribution in [0.4, 0.5) is 4.39 Å². The summed E-state index contributed by atoms with van der Waals surface area (Å²) in [5.41, 5.74) is 1.92. The zero-order valence-corrected chi connectivity index (χ0v) is 20.2. The number of aromatic nitrogens is 3. The molecule has 2 aromatic carbocycles. The van der Waals surface area contributed by atoms with Crippen molar-refractivity contribution in [1.29, 1.82) is 0 Å². The Bertz CT molecular complexity index is 1070. The molecule has 1 aromatic heterocycles. The molecule has 7 nitrogen and oxygen atoms in total. The summed E-state index contributed by atoms with van der Waals surface area (Å²) in [6, 6.07) is 14.1. The molecule has 34 heavy (non-hydrogen) atoms. The van der Waals surface area contributed by atoms with Crippen LogP contribution in [0, 0.1) is 5.82 Å². The number of halogens is 1. The second kappa shape index (κ2) is 12.0. The van der Waals surface area contributed by atoms with Crippen molar-refractivity contribution in [3.05, 3.63) is 65.7 Å². The Morgan fingerprint density at radius 3 is 2.50 bits per heavy atom. The minimum Gasteiger partial charge on any atom is -0.497 e. The van der Waals surface area contributed by atoms with Gasteiger partial charge in [-0.2, -0.15) is 0 Å². The molecule has 3 aromatic rings. The number of piperidine rings is 1. The van der Waals surface area contributed by atoms with Crippen molar-refractivity contribution >= 4 is 17.7 Å². The largest absolute Gasteiger partial charge is 0.497 e. The van der Waals surface area contributed by atoms with E-state index >= 15 is 0 Å². The number of thioether (sulfide) groups is 1. The van der Waals surface area contributed by atoms with Crippen LogP contribution in [0.25, 0.3) is 5.69 Å². The molecule has 1 aliphatic rings. The van der Waals surface area contributed by atoms with E-state index in [4.69, 9.17) is 4.74 Å². The molecule has 0 saturated carbocycles. The van der Waals surface area contributed by atoms with Crippen LogP contribution in [-0.4, -0.2) is 58.1 Å². The zero-order chi connectivity index (χ0) is 23.8. The molecule has 0 atom stereocenters. The van der Waals surface area contributed by atoms with E-state index < -0.39 is 0 Å². The summed E-state index contributed by atoms with van der Waals surface area (Å²) in [7, 11) is 1.64. The van der Waals surface area contributed by atoms with Crippen molar-refractivity contribution < 1.29 is 13.9 Å². The highest BCUT2D eigenvalue weighted by Crippen LogP contribution is 2.24. The molecule has 1 fully saturated rings. The molecule has 180 valence electrons. The predicted octanol–water partition coefficient (Wildman–Crippen LogP) is 3.85. The molecule has 0 radical (unpaired) electrons. The highest BCUT2D eigenvalue weighted by atomic mass is 32.2. The number of amides is 1. The van der Waals surface area contributed by atoms with Gasteiger partial charge in [0.05, 0.1) is 19.4 Å². The summed E-state index contributed by atoms with van der Waals surface area (Å²) < 4.78 is 20.6. The molecule has 9 heteroatoms. The maximum atomic E-state index is 13.5. The van der Waals surface area contributed by atoms with Crippen LogP contribution in [0.2, 0.25) is 0 Å². The third-order valence-corrected chi connectivity index (χ3v) is 6.76. The fourth-order valence-electron chi connectivity index (χ4n) is 3.98. The highest BCUT2D eigenvalue weighted by Gasteiger charge is 2.19. The predicted molar refractivity (Wildman–Crippen MR) is 131 cm³/mol. The Morgan fingerprint density at radius 1 is 1.06 bits per heavy atom. The van der Waals surface area contributed by atoms with Crippen LogP contribution in [0.1, 0.15) is 30.7 Å². The molecule has 4 rings (SSSR count). The monoisotopic (exact) mass is 483 g/mol. The lowest BCUT2D eigenvalue weighted by Gasteiger charge is -2.26. The fraction of sp³-hybridized carbons (Fsp3) is 0.400. The van der Waals surface area contributed by atoms with Crippen molar-refractivity contribution in [1.82, 2.24) is 25.0 Å². The van der Waals surface area contributed by atoms with Crippen molar-refractivity contribution in [2.45, 2.75) is 37.4 Å². The van der Waals surface area contributed by atoms with Gasteiger partial charge in [-0.25, -0.2) is 4.39 Å². The van der Waals surface area contributed by atoms with Crippen molar-refractivity contribution in [2.24, 2.45) is 0 Å². The molecule has 1 N–H and O–H groups in total. The van der Waals surface area contributed by atoms with E-state index in [-0.39, 0.29) is 17.5 Å². The number of ether oxygens (including phenoxy) is 1. The Kier molecular flexibility index (Phi) is 8.54. The third kappa shape index (κ3) is 6.57. The fourth-order valence-corrected chi connectivity index (χ4v) is 4.78. The van der Waals surface area contributed by atoms with E-state index in [0.29, 0.717) is 18.2 Å². The van der Waals surface area contributed by atoms with E-state index in [9.17, 15) is 9.18 Å². The van der Waals surface area contributed by atoms with Gasteiger partial charge >= 0.3 is 0 Å². The second-order valence-corrected chi connectivity index (χ2v) is 9.23. The van der Waals surface area contributed by atoms with Crippen LogP contribution in [0.5, 0.6) is 5.75 Å². The highest BCUT2D eigenvalue weighted by molar-refractivity contribution is 7.99. The first-order chi connectivity index (χ1) is 16.6. The number of likely N-dealkylation sites (tertiary alicyclic amines) is 1. The number of benzene rings is 2. The molecule has 1 amide bonds. The SMILES string of the molecule is COc1ccc(CCNC(=O)CSc2nnc(CN3CCCCC3)n2-c2ccc(F)cc2)cc1. The number of hydrogen-bond acceptors (Lipinski definition) is 6. The summed E-state index contributed by atoms with van der Waals surface area (Å²) in [6.45, 7) is 3.31. The van der Waals surface area contributed by atoms with E-state index in [2.05, 4.69) is 20.4 Å². The quantitative estimate of drug-likeness (QED) is 0.442. The van der Waals surface area contributed by atoms with Gasteiger partial charge in [-0.15, -0.1) is 10.2 Å². The van der Waals surface area contributed by atoms with Gasteiger partial charge in [0, 0.05) is 12.2 Å². The summed E-state index contributed by atoms with van der Waals surface area (Å²) in [5.74, 6) is 1.49. The minimum atomic E-state index is -0.292. The third-order valence-electron chi connectivity index (χ3n) is 5.83. The number of hydrogen-bond donors (Lipinski definition) is 1. The van der Waals surface area contributed by atoms with Crippen molar-refractivity contribution in [2.75, 3.05) is 32.5 Å². The van der Waals surface area contributed by atoms with E-state index in [0.717, 1.165) is 42.3 Å². The lowest BCUT2D eigenvalue weighted by molar-refractivity contribution is -0.118. The average Bonchev–Trinajstić information content (AvgIpc) is 3.26. The summed E-state index contributed by atoms with van der Waals surface area (Å²) in [6.07, 6.45) is 4.37. The molecule has 2 heterocycles. The van der Waals surface area contributed by atoms with Gasteiger partial charge in [0.25, 0.3) is 0 Å². The Hall–Kier alpha value is -2.91. The average molecular weight is 484 g/mol. The number of nitrogens with one attached hydrogen (secondary N) is 1. The van der Waals surface area contributed by atoms with Crippen LogP contribution in [0.15, 0.2) is 53.7 Å². The second-order valence-electron chi connectivity index (χ2n) is 8.28. The maximum absolute atomic E-state index is 13.5. The zero-order valence-electron chi connectivity index (χ0n) is 19.4. The van der Waals surface area contributed by atoms with Crippen LogP contribution in [0.3, 0.4) is 0 Å². The first-order valence-electron chi connectivity index (χ1n) is 11.6. The lowest BCUT2D eigenvalue weighted by atomic mass is 10.1. The smallest absolute Gasteiger partial charge is 0.230 e. The number of methoxy groups -OCH3 is 1. The van der Waals surface area contributed by atoms with E-state index in [1.165, 1.54) is 43.2 Å². The molecule has 1 saturated heterocycles. The van der Waals surface area contributed by atoms with Crippen molar-refractivity contribution in [3.63, 3.8) is 0 Å². The Morgan fingerprint density at radius 2 is 1.79 bits per heavy atom. The Labute approximate surface area is 203 Å². The van der Waals surface area contributed by atoms with Gasteiger partial charge < -0.3 is 10.1 Å².